The number of rotatable bonds is 0. The van der Waals surface area contributed by atoms with Gasteiger partial charge in [0, 0.05) is 22.3 Å². The summed E-state index contributed by atoms with van der Waals surface area (Å²) in [5.74, 6) is 17.2. The van der Waals surface area contributed by atoms with Crippen molar-refractivity contribution in [2.75, 3.05) is 0 Å². The van der Waals surface area contributed by atoms with Crippen molar-refractivity contribution in [3.63, 3.8) is 0 Å². The molecule has 0 aliphatic heterocycles. The molecule has 11 aromatic carbocycles. The van der Waals surface area contributed by atoms with Gasteiger partial charge in [-0.1, -0.05) is 336 Å². The molecule has 0 bridgehead atoms. The average molecular weight is 1080 g/mol. The lowest BCUT2D eigenvalue weighted by atomic mass is 10.00. The van der Waals surface area contributed by atoms with E-state index in [4.69, 9.17) is 12.8 Å². The average Bonchev–Trinajstić information content (AvgIpc) is 3.64. The van der Waals surface area contributed by atoms with Crippen LogP contribution in [0.25, 0.3) is 53.9 Å². The standard InChI is InChI=1S/2C15H10.3C11H10.C7H8.6C2H6/c1-3-7-13-11-15-9-6-5-8-14(15)10-12(13)4-2;1-3-7-14-12(4-2)10-11-13-8-5-6-9-15(13)14;1-9-5-4-7-10-6-2-3-8-11(9)10;2*1-9-6-7-10-4-2-3-5-11(10)8-9;1-7-5-3-2-4-6-7;6*1-2/h2*2,5-6,8-11H,1H3;3*2-8H,1H3;2-6H,1H3;6*1-2H3. The van der Waals surface area contributed by atoms with E-state index in [1.807, 2.05) is 164 Å². The molecule has 0 spiro atoms. The Morgan fingerprint density at radius 2 is 0.598 bits per heavy atom. The molecule has 0 N–H and O–H groups in total. The third-order valence-electron chi connectivity index (χ3n) is 11.4. The molecule has 11 aromatic rings. The largest absolute Gasteiger partial charge is 0.115 e. The van der Waals surface area contributed by atoms with Crippen LogP contribution in [0.4, 0.5) is 0 Å². The van der Waals surface area contributed by atoms with Crippen LogP contribution in [0.1, 0.15) is 141 Å². The van der Waals surface area contributed by atoms with Crippen molar-refractivity contribution in [1.82, 2.24) is 0 Å². The van der Waals surface area contributed by atoms with Crippen LogP contribution < -0.4 is 0 Å². The molecule has 0 heteroatoms. The fourth-order valence-electron chi connectivity index (χ4n) is 7.79. The van der Waals surface area contributed by atoms with Crippen LogP contribution in [0.5, 0.6) is 0 Å². The third-order valence-corrected chi connectivity index (χ3v) is 11.4. The second-order valence-electron chi connectivity index (χ2n) is 16.6. The van der Waals surface area contributed by atoms with Gasteiger partial charge in [-0.15, -0.1) is 24.7 Å². The van der Waals surface area contributed by atoms with Gasteiger partial charge >= 0.3 is 0 Å². The molecule has 82 heavy (non-hydrogen) atoms. The lowest BCUT2D eigenvalue weighted by molar-refractivity contribution is 1.48. The van der Waals surface area contributed by atoms with E-state index in [0.717, 1.165) is 33.0 Å². The number of aryl methyl sites for hydroxylation is 4. The van der Waals surface area contributed by atoms with E-state index in [1.54, 1.807) is 0 Å². The Bertz CT molecular complexity index is 3590. The summed E-state index contributed by atoms with van der Waals surface area (Å²) in [6, 6.07) is 79.2. The van der Waals surface area contributed by atoms with Gasteiger partial charge in [0.05, 0.1) is 0 Å². The zero-order valence-corrected chi connectivity index (χ0v) is 53.1. The van der Waals surface area contributed by atoms with Crippen molar-refractivity contribution in [3.8, 4) is 48.4 Å². The van der Waals surface area contributed by atoms with Crippen LogP contribution in [-0.4, -0.2) is 0 Å². The van der Waals surface area contributed by atoms with Crippen molar-refractivity contribution in [1.29, 1.82) is 0 Å². The molecule has 0 radical (unpaired) electrons. The second-order valence-corrected chi connectivity index (χ2v) is 16.6. The highest BCUT2D eigenvalue weighted by molar-refractivity contribution is 5.91. The smallest absolute Gasteiger partial charge is 0.0480 e. The monoisotopic (exact) mass is 1080 g/mol. The summed E-state index contributed by atoms with van der Waals surface area (Å²) in [4.78, 5) is 0. The van der Waals surface area contributed by atoms with E-state index in [0.29, 0.717) is 0 Å². The first-order valence-corrected chi connectivity index (χ1v) is 29.4. The maximum Gasteiger partial charge on any atom is 0.0480 e. The Morgan fingerprint density at radius 1 is 0.256 bits per heavy atom. The first-order chi connectivity index (χ1) is 40.2. The zero-order valence-electron chi connectivity index (χ0n) is 53.1. The third kappa shape index (κ3) is 25.4. The zero-order chi connectivity index (χ0) is 61.5. The first kappa shape index (κ1) is 73.0. The van der Waals surface area contributed by atoms with E-state index in [9.17, 15) is 0 Å². The van der Waals surface area contributed by atoms with Crippen molar-refractivity contribution in [2.45, 2.75) is 125 Å². The normalized spacial score (nSPS) is 8.63. The maximum absolute atomic E-state index is 5.45. The molecule has 422 valence electrons. The number of hydrogen-bond acceptors (Lipinski definition) is 0. The Hall–Kier alpha value is -9.04. The van der Waals surface area contributed by atoms with Gasteiger partial charge in [0.25, 0.3) is 0 Å². The quantitative estimate of drug-likeness (QED) is 0.133. The molecule has 0 amide bonds. The van der Waals surface area contributed by atoms with Gasteiger partial charge in [0.15, 0.2) is 0 Å². The Morgan fingerprint density at radius 3 is 1.00 bits per heavy atom. The molecule has 0 aromatic heterocycles. The number of hydrogen-bond donors (Lipinski definition) is 0. The van der Waals surface area contributed by atoms with Crippen LogP contribution in [0.3, 0.4) is 0 Å². The van der Waals surface area contributed by atoms with Crippen LogP contribution in [0, 0.1) is 76.1 Å². The van der Waals surface area contributed by atoms with E-state index in [-0.39, 0.29) is 0 Å². The SMILES string of the molecule is C#Cc1cc2ccccc2cc1C#CC.C#Cc1ccc2ccccc2c1C#CC.CC.CC.CC.CC.CC.CC.Cc1ccc2ccccc2c1.Cc1ccc2ccccc2c1.Cc1cccc2ccccc12.Cc1ccccc1. The second kappa shape index (κ2) is 45.8. The minimum absolute atomic E-state index is 0.864. The summed E-state index contributed by atoms with van der Waals surface area (Å²) in [5, 5.41) is 12.6. The highest BCUT2D eigenvalue weighted by Gasteiger charge is 2.03. The molecule has 0 saturated heterocycles. The minimum Gasteiger partial charge on any atom is -0.115 e. The predicted octanol–water partition coefficient (Wildman–Crippen LogP) is 24.0. The van der Waals surface area contributed by atoms with Crippen LogP contribution in [-0.2, 0) is 0 Å². The number of benzene rings is 11. The number of fused-ring (bicyclic) bond motifs is 5. The van der Waals surface area contributed by atoms with E-state index in [2.05, 4.69) is 227 Å². The van der Waals surface area contributed by atoms with Gasteiger partial charge in [0.1, 0.15) is 0 Å². The fraction of sp³-hybridized carbons (Fsp3) is 0.220. The maximum atomic E-state index is 5.45. The topological polar surface area (TPSA) is 0 Å². The van der Waals surface area contributed by atoms with Crippen molar-refractivity contribution in [2.24, 2.45) is 0 Å². The van der Waals surface area contributed by atoms with Gasteiger partial charge in [-0.25, -0.2) is 0 Å². The van der Waals surface area contributed by atoms with Gasteiger partial charge in [-0.3, -0.25) is 0 Å². The van der Waals surface area contributed by atoms with Crippen molar-refractivity contribution < 1.29 is 0 Å². The van der Waals surface area contributed by atoms with Gasteiger partial charge in [0.2, 0.25) is 0 Å². The van der Waals surface area contributed by atoms with E-state index < -0.39 is 0 Å². The van der Waals surface area contributed by atoms with Crippen molar-refractivity contribution >= 4 is 53.9 Å². The number of terminal acetylenes is 2. The van der Waals surface area contributed by atoms with Crippen LogP contribution in [0.15, 0.2) is 231 Å². The van der Waals surface area contributed by atoms with Gasteiger partial charge in [-0.05, 0) is 119 Å². The summed E-state index contributed by atoms with van der Waals surface area (Å²) in [6.07, 6.45) is 10.9. The molecule has 0 saturated carbocycles. The molecule has 0 nitrogen and oxygen atoms in total. The van der Waals surface area contributed by atoms with Gasteiger partial charge in [-0.2, -0.15) is 0 Å². The van der Waals surface area contributed by atoms with E-state index >= 15 is 0 Å². The highest BCUT2D eigenvalue weighted by Crippen LogP contribution is 2.22. The lowest BCUT2D eigenvalue weighted by Gasteiger charge is -2.03. The Balaban J connectivity index is 0.000000934. The Kier molecular flexibility index (Phi) is 40.7. The predicted molar refractivity (Wildman–Crippen MR) is 374 cm³/mol. The summed E-state index contributed by atoms with van der Waals surface area (Å²) < 4.78 is 0. The fourth-order valence-corrected chi connectivity index (χ4v) is 7.79. The molecule has 0 atom stereocenters. The molecule has 0 aliphatic rings. The summed E-state index contributed by atoms with van der Waals surface area (Å²) in [5.41, 5.74) is 8.93. The summed E-state index contributed by atoms with van der Waals surface area (Å²) in [6.45, 7) is 36.1. The van der Waals surface area contributed by atoms with Crippen molar-refractivity contribution in [3.05, 3.63) is 275 Å². The summed E-state index contributed by atoms with van der Waals surface area (Å²) in [7, 11) is 0. The molecule has 0 heterocycles. The molecular weight excluding hydrogens is 985 g/mol. The highest BCUT2D eigenvalue weighted by atomic mass is 14.1. The molecular formula is C82H94. The molecule has 0 fully saturated rings. The molecule has 0 unspecified atom stereocenters. The molecule has 0 aliphatic carbocycles. The van der Waals surface area contributed by atoms with Gasteiger partial charge < -0.3 is 0 Å². The summed E-state index contributed by atoms with van der Waals surface area (Å²) >= 11 is 0. The lowest BCUT2D eigenvalue weighted by Crippen LogP contribution is -1.85. The molecule has 11 rings (SSSR count). The first-order valence-electron chi connectivity index (χ1n) is 29.4. The van der Waals surface area contributed by atoms with E-state index in [1.165, 1.54) is 65.3 Å². The Labute approximate surface area is 499 Å². The minimum atomic E-state index is 0.864. The van der Waals surface area contributed by atoms with Crippen LogP contribution in [0.2, 0.25) is 0 Å². The van der Waals surface area contributed by atoms with Crippen LogP contribution >= 0.6 is 0 Å².